The van der Waals surface area contributed by atoms with Gasteiger partial charge in [-0.25, -0.2) is 0 Å². The molecule has 2 aromatic heterocycles. The van der Waals surface area contributed by atoms with Crippen LogP contribution >= 0.6 is 0 Å². The lowest BCUT2D eigenvalue weighted by Gasteiger charge is -2.12. The fourth-order valence-electron chi connectivity index (χ4n) is 2.82. The van der Waals surface area contributed by atoms with Gasteiger partial charge in [0, 0.05) is 30.6 Å². The molecule has 1 aliphatic rings. The number of carbonyl (C=O) groups is 1. The molecule has 4 rings (SSSR count). The van der Waals surface area contributed by atoms with E-state index in [4.69, 9.17) is 4.52 Å². The Morgan fingerprint density at radius 1 is 1.17 bits per heavy atom. The van der Waals surface area contributed by atoms with Crippen LogP contribution in [-0.4, -0.2) is 16.0 Å². The van der Waals surface area contributed by atoms with Gasteiger partial charge in [-0.1, -0.05) is 41.6 Å². The van der Waals surface area contributed by atoms with Crippen molar-refractivity contribution in [3.8, 4) is 11.3 Å². The van der Waals surface area contributed by atoms with Crippen molar-refractivity contribution in [2.45, 2.75) is 24.8 Å². The first kappa shape index (κ1) is 14.6. The van der Waals surface area contributed by atoms with Crippen LogP contribution in [0.25, 0.3) is 11.3 Å². The SMILES string of the molecule is O=C(NCc1cccnc1)C1(c2cc(-c3ccccc3)on2)CC1. The molecule has 24 heavy (non-hydrogen) atoms. The molecule has 1 saturated carbocycles. The summed E-state index contributed by atoms with van der Waals surface area (Å²) in [6, 6.07) is 15.5. The lowest BCUT2D eigenvalue weighted by atomic mass is 10.00. The van der Waals surface area contributed by atoms with Crippen LogP contribution in [0.2, 0.25) is 0 Å². The topological polar surface area (TPSA) is 68.0 Å². The van der Waals surface area contributed by atoms with Crippen molar-refractivity contribution in [1.29, 1.82) is 0 Å². The van der Waals surface area contributed by atoms with Crippen LogP contribution in [0.4, 0.5) is 0 Å². The maximum atomic E-state index is 12.6. The van der Waals surface area contributed by atoms with Crippen LogP contribution in [0.1, 0.15) is 24.1 Å². The van der Waals surface area contributed by atoms with Crippen LogP contribution in [0.5, 0.6) is 0 Å². The molecule has 0 saturated heterocycles. The molecule has 0 spiro atoms. The first-order valence-electron chi connectivity index (χ1n) is 7.98. The second kappa shape index (κ2) is 5.92. The molecule has 2 heterocycles. The van der Waals surface area contributed by atoms with Gasteiger partial charge < -0.3 is 9.84 Å². The number of hydrogen-bond acceptors (Lipinski definition) is 4. The zero-order valence-corrected chi connectivity index (χ0v) is 13.1. The first-order chi connectivity index (χ1) is 11.8. The van der Waals surface area contributed by atoms with Crippen molar-refractivity contribution in [3.63, 3.8) is 0 Å². The van der Waals surface area contributed by atoms with E-state index in [9.17, 15) is 4.79 Å². The third-order valence-corrected chi connectivity index (χ3v) is 4.42. The van der Waals surface area contributed by atoms with E-state index in [1.807, 2.05) is 48.5 Å². The maximum Gasteiger partial charge on any atom is 0.232 e. The largest absolute Gasteiger partial charge is 0.356 e. The number of benzene rings is 1. The van der Waals surface area contributed by atoms with E-state index in [2.05, 4.69) is 15.5 Å². The standard InChI is InChI=1S/C19H17N3O2/c23-18(21-13-14-5-4-10-20-12-14)19(8-9-19)17-11-16(24-22-17)15-6-2-1-3-7-15/h1-7,10-12H,8-9,13H2,(H,21,23). The quantitative estimate of drug-likeness (QED) is 0.784. The second-order valence-electron chi connectivity index (χ2n) is 6.07. The van der Waals surface area contributed by atoms with Gasteiger partial charge in [-0.15, -0.1) is 0 Å². The van der Waals surface area contributed by atoms with E-state index in [0.29, 0.717) is 18.0 Å². The van der Waals surface area contributed by atoms with Gasteiger partial charge in [0.2, 0.25) is 5.91 Å². The van der Waals surface area contributed by atoms with E-state index in [1.54, 1.807) is 12.4 Å². The molecular weight excluding hydrogens is 302 g/mol. The summed E-state index contributed by atoms with van der Waals surface area (Å²) in [6.45, 7) is 0.470. The van der Waals surface area contributed by atoms with E-state index in [0.717, 1.165) is 24.0 Å². The number of nitrogens with zero attached hydrogens (tertiary/aromatic N) is 2. The highest BCUT2D eigenvalue weighted by molar-refractivity contribution is 5.91. The second-order valence-corrected chi connectivity index (χ2v) is 6.07. The average molecular weight is 319 g/mol. The predicted molar refractivity (Wildman–Crippen MR) is 88.9 cm³/mol. The third kappa shape index (κ3) is 2.69. The molecule has 1 fully saturated rings. The average Bonchev–Trinajstić information content (AvgIpc) is 3.31. The number of rotatable bonds is 5. The van der Waals surface area contributed by atoms with Crippen LogP contribution < -0.4 is 5.32 Å². The number of pyridine rings is 1. The summed E-state index contributed by atoms with van der Waals surface area (Å²) in [7, 11) is 0. The summed E-state index contributed by atoms with van der Waals surface area (Å²) < 4.78 is 5.45. The van der Waals surface area contributed by atoms with Crippen LogP contribution in [0, 0.1) is 0 Å². The van der Waals surface area contributed by atoms with Crippen molar-refractivity contribution in [2.75, 3.05) is 0 Å². The Labute approximate surface area is 139 Å². The summed E-state index contributed by atoms with van der Waals surface area (Å²) >= 11 is 0. The minimum Gasteiger partial charge on any atom is -0.356 e. The summed E-state index contributed by atoms with van der Waals surface area (Å²) in [5, 5.41) is 7.14. The molecular formula is C19H17N3O2. The molecule has 0 unspecified atom stereocenters. The summed E-state index contributed by atoms with van der Waals surface area (Å²) in [5.41, 5.74) is 2.11. The Morgan fingerprint density at radius 2 is 2.00 bits per heavy atom. The van der Waals surface area contributed by atoms with Gasteiger partial charge in [0.1, 0.15) is 0 Å². The molecule has 1 aromatic carbocycles. The van der Waals surface area contributed by atoms with Gasteiger partial charge in [0.05, 0.1) is 11.1 Å². The Kier molecular flexibility index (Phi) is 3.61. The van der Waals surface area contributed by atoms with Crippen molar-refractivity contribution >= 4 is 5.91 Å². The van der Waals surface area contributed by atoms with Gasteiger partial charge in [0.25, 0.3) is 0 Å². The molecule has 5 nitrogen and oxygen atoms in total. The molecule has 3 aromatic rings. The highest BCUT2D eigenvalue weighted by atomic mass is 16.5. The van der Waals surface area contributed by atoms with Gasteiger partial charge in [0.15, 0.2) is 5.76 Å². The lowest BCUT2D eigenvalue weighted by Crippen LogP contribution is -2.34. The Balaban J connectivity index is 1.49. The first-order valence-corrected chi connectivity index (χ1v) is 7.98. The minimum absolute atomic E-state index is 0.000681. The Morgan fingerprint density at radius 3 is 2.71 bits per heavy atom. The fraction of sp³-hybridized carbons (Fsp3) is 0.211. The van der Waals surface area contributed by atoms with Gasteiger partial charge in [-0.2, -0.15) is 0 Å². The minimum atomic E-state index is -0.543. The third-order valence-electron chi connectivity index (χ3n) is 4.42. The monoisotopic (exact) mass is 319 g/mol. The molecule has 1 amide bonds. The Bertz CT molecular complexity index is 839. The molecule has 120 valence electrons. The molecule has 0 bridgehead atoms. The van der Waals surface area contributed by atoms with E-state index in [1.165, 1.54) is 0 Å². The number of nitrogens with one attached hydrogen (secondary N) is 1. The lowest BCUT2D eigenvalue weighted by molar-refractivity contribution is -0.123. The van der Waals surface area contributed by atoms with E-state index < -0.39 is 5.41 Å². The van der Waals surface area contributed by atoms with Gasteiger partial charge >= 0.3 is 0 Å². The Hall–Kier alpha value is -2.95. The molecule has 0 radical (unpaired) electrons. The normalized spacial score (nSPS) is 15.0. The van der Waals surface area contributed by atoms with E-state index >= 15 is 0 Å². The van der Waals surface area contributed by atoms with Crippen molar-refractivity contribution in [2.24, 2.45) is 0 Å². The van der Waals surface area contributed by atoms with Crippen LogP contribution in [0.3, 0.4) is 0 Å². The summed E-state index contributed by atoms with van der Waals surface area (Å²) in [4.78, 5) is 16.7. The molecule has 5 heteroatoms. The van der Waals surface area contributed by atoms with Crippen LogP contribution in [-0.2, 0) is 16.8 Å². The summed E-state index contributed by atoms with van der Waals surface area (Å²) in [5.74, 6) is 0.691. The van der Waals surface area contributed by atoms with Crippen molar-refractivity contribution in [1.82, 2.24) is 15.5 Å². The van der Waals surface area contributed by atoms with E-state index in [-0.39, 0.29) is 5.91 Å². The number of amides is 1. The zero-order valence-electron chi connectivity index (χ0n) is 13.1. The fourth-order valence-corrected chi connectivity index (χ4v) is 2.82. The van der Waals surface area contributed by atoms with Crippen molar-refractivity contribution < 1.29 is 9.32 Å². The van der Waals surface area contributed by atoms with Crippen LogP contribution in [0.15, 0.2) is 65.4 Å². The van der Waals surface area contributed by atoms with Gasteiger partial charge in [-0.3, -0.25) is 9.78 Å². The number of carbonyl (C=O) groups excluding carboxylic acids is 1. The molecule has 1 aliphatic carbocycles. The molecule has 0 aliphatic heterocycles. The summed E-state index contributed by atoms with van der Waals surface area (Å²) in [6.07, 6.45) is 5.07. The molecule has 0 atom stereocenters. The van der Waals surface area contributed by atoms with Crippen molar-refractivity contribution in [3.05, 3.63) is 72.2 Å². The zero-order chi connectivity index (χ0) is 16.4. The highest BCUT2D eigenvalue weighted by Crippen LogP contribution is 2.48. The molecule has 1 N–H and O–H groups in total. The van der Waals surface area contributed by atoms with Gasteiger partial charge in [-0.05, 0) is 24.5 Å². The number of aromatic nitrogens is 2. The number of hydrogen-bond donors (Lipinski definition) is 1. The maximum absolute atomic E-state index is 12.6. The smallest absolute Gasteiger partial charge is 0.232 e. The highest BCUT2D eigenvalue weighted by Gasteiger charge is 2.53. The predicted octanol–water partition coefficient (Wildman–Crippen LogP) is 3.08.